The second-order valence-electron chi connectivity index (χ2n) is 4.20. The van der Waals surface area contributed by atoms with Gasteiger partial charge in [-0.3, -0.25) is 14.5 Å². The average Bonchev–Trinajstić information content (AvgIpc) is 3.02. The first kappa shape index (κ1) is 14.7. The van der Waals surface area contributed by atoms with Crippen LogP contribution in [0.5, 0.6) is 0 Å². The summed E-state index contributed by atoms with van der Waals surface area (Å²) in [7, 11) is 1.47. The second kappa shape index (κ2) is 6.19. The van der Waals surface area contributed by atoms with Crippen molar-refractivity contribution in [1.29, 1.82) is 0 Å². The lowest BCUT2D eigenvalue weighted by Gasteiger charge is -2.07. The molecule has 1 aromatic heterocycles. The first-order valence-corrected chi connectivity index (χ1v) is 7.63. The Hall–Kier alpha value is -1.67. The Labute approximate surface area is 124 Å². The van der Waals surface area contributed by atoms with Gasteiger partial charge < -0.3 is 5.73 Å². The molecule has 1 saturated heterocycles. The molecular formula is C12H14N4O2S2. The molecule has 0 aromatic carbocycles. The monoisotopic (exact) mass is 310 g/mol. The van der Waals surface area contributed by atoms with Gasteiger partial charge in [0.2, 0.25) is 11.8 Å². The minimum absolute atomic E-state index is 0.157. The molecule has 1 aliphatic heterocycles. The van der Waals surface area contributed by atoms with Crippen molar-refractivity contribution in [1.82, 2.24) is 4.90 Å². The number of imide groups is 1. The number of amides is 2. The maximum absolute atomic E-state index is 11.7. The molecule has 0 aliphatic carbocycles. The average molecular weight is 310 g/mol. The van der Waals surface area contributed by atoms with Crippen molar-refractivity contribution in [2.24, 2.45) is 15.9 Å². The van der Waals surface area contributed by atoms with E-state index in [1.165, 1.54) is 7.05 Å². The van der Waals surface area contributed by atoms with Gasteiger partial charge in [-0.2, -0.15) is 5.10 Å². The lowest BCUT2D eigenvalue weighted by atomic mass is 10.3. The fourth-order valence-corrected chi connectivity index (χ4v) is 3.18. The van der Waals surface area contributed by atoms with Crippen molar-refractivity contribution >= 4 is 45.8 Å². The minimum Gasteiger partial charge on any atom is -0.377 e. The van der Waals surface area contributed by atoms with E-state index in [0.29, 0.717) is 0 Å². The van der Waals surface area contributed by atoms with Gasteiger partial charge in [0.25, 0.3) is 0 Å². The van der Waals surface area contributed by atoms with Crippen LogP contribution in [0.15, 0.2) is 27.7 Å². The summed E-state index contributed by atoms with van der Waals surface area (Å²) in [4.78, 5) is 25.2. The van der Waals surface area contributed by atoms with E-state index in [2.05, 4.69) is 10.2 Å². The normalized spacial score (nSPS) is 20.9. The number of carbonyl (C=O) groups is 2. The van der Waals surface area contributed by atoms with Gasteiger partial charge in [-0.15, -0.1) is 16.4 Å². The van der Waals surface area contributed by atoms with Crippen LogP contribution >= 0.6 is 23.1 Å². The third-order valence-electron chi connectivity index (χ3n) is 2.78. The lowest BCUT2D eigenvalue weighted by molar-refractivity contribution is -0.136. The molecule has 20 heavy (non-hydrogen) atoms. The highest BCUT2D eigenvalue weighted by molar-refractivity contribution is 8.14. The van der Waals surface area contributed by atoms with Crippen LogP contribution in [0.1, 0.15) is 18.2 Å². The molecule has 2 rings (SSSR count). The Bertz CT molecular complexity index is 580. The SMILES string of the molecule is C/C(=N/N=C(N)S[C@H]1CC(=O)N(C)C1=O)c1cccs1. The maximum atomic E-state index is 11.7. The number of thiophene rings is 1. The van der Waals surface area contributed by atoms with Gasteiger partial charge in [-0.25, -0.2) is 0 Å². The van der Waals surface area contributed by atoms with Crippen molar-refractivity contribution in [2.45, 2.75) is 18.6 Å². The summed E-state index contributed by atoms with van der Waals surface area (Å²) in [6, 6.07) is 3.87. The van der Waals surface area contributed by atoms with Crippen LogP contribution in [-0.2, 0) is 9.59 Å². The summed E-state index contributed by atoms with van der Waals surface area (Å²) in [6.45, 7) is 1.84. The number of carbonyl (C=O) groups excluding carboxylic acids is 2. The van der Waals surface area contributed by atoms with E-state index in [1.54, 1.807) is 11.3 Å². The van der Waals surface area contributed by atoms with E-state index in [9.17, 15) is 9.59 Å². The van der Waals surface area contributed by atoms with Gasteiger partial charge in [0.05, 0.1) is 10.6 Å². The van der Waals surface area contributed by atoms with E-state index in [-0.39, 0.29) is 23.4 Å². The van der Waals surface area contributed by atoms with Gasteiger partial charge in [-0.05, 0) is 18.4 Å². The standard InChI is InChI=1S/C12H14N4O2S2/c1-7(8-4-3-5-19-8)14-15-12(13)20-9-6-10(17)16(2)11(9)18/h3-5,9H,6H2,1-2H3,(H2,13,15)/b14-7-/t9-/m0/s1. The molecule has 0 spiro atoms. The number of hydrogen-bond donors (Lipinski definition) is 1. The van der Waals surface area contributed by atoms with Crippen LogP contribution in [0.25, 0.3) is 0 Å². The molecule has 1 aliphatic rings. The van der Waals surface area contributed by atoms with Crippen LogP contribution in [0.3, 0.4) is 0 Å². The maximum Gasteiger partial charge on any atom is 0.243 e. The van der Waals surface area contributed by atoms with Crippen LogP contribution in [0.4, 0.5) is 0 Å². The van der Waals surface area contributed by atoms with E-state index in [4.69, 9.17) is 5.73 Å². The molecule has 2 N–H and O–H groups in total. The Morgan fingerprint density at radius 3 is 2.80 bits per heavy atom. The van der Waals surface area contributed by atoms with Crippen LogP contribution in [0, 0.1) is 0 Å². The number of likely N-dealkylation sites (tertiary alicyclic amines) is 1. The van der Waals surface area contributed by atoms with Crippen LogP contribution in [-0.4, -0.2) is 39.9 Å². The molecule has 0 unspecified atom stereocenters. The predicted octanol–water partition coefficient (Wildman–Crippen LogP) is 1.28. The fourth-order valence-electron chi connectivity index (χ4n) is 1.64. The topological polar surface area (TPSA) is 88.1 Å². The van der Waals surface area contributed by atoms with Crippen molar-refractivity contribution in [2.75, 3.05) is 7.05 Å². The third-order valence-corrected chi connectivity index (χ3v) is 4.73. The van der Waals surface area contributed by atoms with Gasteiger partial charge in [0.1, 0.15) is 5.25 Å². The number of amidine groups is 1. The smallest absolute Gasteiger partial charge is 0.243 e. The van der Waals surface area contributed by atoms with Gasteiger partial charge >= 0.3 is 0 Å². The Morgan fingerprint density at radius 1 is 1.50 bits per heavy atom. The highest BCUT2D eigenvalue weighted by atomic mass is 32.2. The molecule has 1 atom stereocenters. The fraction of sp³-hybridized carbons (Fsp3) is 0.333. The lowest BCUT2D eigenvalue weighted by Crippen LogP contribution is -2.27. The summed E-state index contributed by atoms with van der Waals surface area (Å²) in [6.07, 6.45) is 0.157. The number of thioether (sulfide) groups is 1. The molecule has 6 nitrogen and oxygen atoms in total. The van der Waals surface area contributed by atoms with E-state index in [0.717, 1.165) is 27.3 Å². The predicted molar refractivity (Wildman–Crippen MR) is 81.9 cm³/mol. The molecule has 2 amide bonds. The Balaban J connectivity index is 2.00. The molecule has 1 fully saturated rings. The first-order chi connectivity index (χ1) is 9.49. The molecule has 0 radical (unpaired) electrons. The molecule has 0 saturated carbocycles. The Kier molecular flexibility index (Phi) is 4.56. The largest absolute Gasteiger partial charge is 0.377 e. The number of rotatable bonds is 3. The molecule has 1 aromatic rings. The highest BCUT2D eigenvalue weighted by Crippen LogP contribution is 2.24. The van der Waals surface area contributed by atoms with E-state index < -0.39 is 5.25 Å². The summed E-state index contributed by atoms with van der Waals surface area (Å²) < 4.78 is 0. The van der Waals surface area contributed by atoms with Gasteiger partial charge in [0, 0.05) is 13.5 Å². The summed E-state index contributed by atoms with van der Waals surface area (Å²) >= 11 is 2.64. The zero-order chi connectivity index (χ0) is 14.7. The van der Waals surface area contributed by atoms with Crippen molar-refractivity contribution in [3.05, 3.63) is 22.4 Å². The van der Waals surface area contributed by atoms with Gasteiger partial charge in [-0.1, -0.05) is 17.8 Å². The quantitative estimate of drug-likeness (QED) is 0.394. The zero-order valence-corrected chi connectivity index (χ0v) is 12.7. The highest BCUT2D eigenvalue weighted by Gasteiger charge is 2.37. The molecule has 0 bridgehead atoms. The molecule has 2 heterocycles. The molecular weight excluding hydrogens is 296 g/mol. The number of hydrogen-bond acceptors (Lipinski definition) is 6. The number of nitrogens with zero attached hydrogens (tertiary/aromatic N) is 3. The van der Waals surface area contributed by atoms with E-state index >= 15 is 0 Å². The second-order valence-corrected chi connectivity index (χ2v) is 6.37. The number of nitrogens with two attached hydrogens (primary N) is 1. The van der Waals surface area contributed by atoms with Crippen LogP contribution in [0.2, 0.25) is 0 Å². The van der Waals surface area contributed by atoms with E-state index in [1.807, 2.05) is 24.4 Å². The van der Waals surface area contributed by atoms with Crippen LogP contribution < -0.4 is 5.73 Å². The first-order valence-electron chi connectivity index (χ1n) is 5.87. The summed E-state index contributed by atoms with van der Waals surface area (Å²) in [5, 5.41) is 9.57. The van der Waals surface area contributed by atoms with Crippen molar-refractivity contribution < 1.29 is 9.59 Å². The minimum atomic E-state index is -0.492. The Morgan fingerprint density at radius 2 is 2.25 bits per heavy atom. The van der Waals surface area contributed by atoms with Crippen molar-refractivity contribution in [3.8, 4) is 0 Å². The summed E-state index contributed by atoms with van der Waals surface area (Å²) in [5.74, 6) is -0.435. The third kappa shape index (κ3) is 3.26. The summed E-state index contributed by atoms with van der Waals surface area (Å²) in [5.41, 5.74) is 6.49. The molecule has 8 heteroatoms. The molecule has 106 valence electrons. The van der Waals surface area contributed by atoms with Crippen molar-refractivity contribution in [3.63, 3.8) is 0 Å². The zero-order valence-electron chi connectivity index (χ0n) is 11.1. The van der Waals surface area contributed by atoms with Gasteiger partial charge in [0.15, 0.2) is 5.17 Å².